The van der Waals surface area contributed by atoms with Crippen LogP contribution in [0.4, 0.5) is 5.69 Å². The van der Waals surface area contributed by atoms with Crippen LogP contribution in [-0.2, 0) is 0 Å². The molecule has 0 spiro atoms. The van der Waals surface area contributed by atoms with Crippen molar-refractivity contribution in [3.05, 3.63) is 38.9 Å². The second kappa shape index (κ2) is 5.54. The van der Waals surface area contributed by atoms with Gasteiger partial charge < -0.3 is 10.6 Å². The van der Waals surface area contributed by atoms with Gasteiger partial charge in [0.05, 0.1) is 4.92 Å². The van der Waals surface area contributed by atoms with Crippen molar-refractivity contribution in [2.45, 2.75) is 6.42 Å². The molecule has 1 atom stereocenters. The van der Waals surface area contributed by atoms with Gasteiger partial charge in [-0.15, -0.1) is 0 Å². The summed E-state index contributed by atoms with van der Waals surface area (Å²) in [6.45, 7) is 1.63. The van der Waals surface area contributed by atoms with Crippen molar-refractivity contribution in [1.29, 1.82) is 0 Å². The number of nitro groups is 1. The molecule has 2 rings (SSSR count). The summed E-state index contributed by atoms with van der Waals surface area (Å²) in [5.74, 6) is -0.0904. The molecule has 1 fully saturated rings. The first kappa shape index (κ1) is 13.8. The Labute approximate surface area is 115 Å². The number of halogens is 1. The molecule has 1 aliphatic rings. The standard InChI is InChI=1S/C12H14ClN3O3/c13-9-1-2-11(16(18)19)10(5-9)12(17)15-4-3-8(6-14)7-15/h1-2,5,8H,3-4,6-7,14H2. The number of carbonyl (C=O) groups is 1. The minimum absolute atomic E-state index is 0.0372. The van der Waals surface area contributed by atoms with E-state index in [1.807, 2.05) is 0 Å². The molecule has 1 amide bonds. The van der Waals surface area contributed by atoms with Crippen LogP contribution in [0, 0.1) is 16.0 Å². The second-order valence-corrected chi connectivity index (χ2v) is 5.00. The van der Waals surface area contributed by atoms with Crippen LogP contribution >= 0.6 is 11.6 Å². The molecular weight excluding hydrogens is 270 g/mol. The zero-order valence-corrected chi connectivity index (χ0v) is 11.0. The second-order valence-electron chi connectivity index (χ2n) is 4.56. The zero-order valence-electron chi connectivity index (χ0n) is 10.2. The summed E-state index contributed by atoms with van der Waals surface area (Å²) in [4.78, 5) is 24.3. The van der Waals surface area contributed by atoms with Crippen LogP contribution in [0.25, 0.3) is 0 Å². The number of rotatable bonds is 3. The van der Waals surface area contributed by atoms with E-state index < -0.39 is 4.92 Å². The van der Waals surface area contributed by atoms with Crippen LogP contribution < -0.4 is 5.73 Å². The Morgan fingerprint density at radius 3 is 2.89 bits per heavy atom. The lowest BCUT2D eigenvalue weighted by Gasteiger charge is -2.16. The van der Waals surface area contributed by atoms with Gasteiger partial charge in [0.15, 0.2) is 0 Å². The van der Waals surface area contributed by atoms with Crippen LogP contribution in [0.2, 0.25) is 5.02 Å². The van der Waals surface area contributed by atoms with Gasteiger partial charge in [0.25, 0.3) is 11.6 Å². The predicted octanol–water partition coefficient (Wildman–Crippen LogP) is 1.67. The third-order valence-electron chi connectivity index (χ3n) is 3.29. The van der Waals surface area contributed by atoms with E-state index in [4.69, 9.17) is 17.3 Å². The number of amides is 1. The van der Waals surface area contributed by atoms with Gasteiger partial charge in [-0.3, -0.25) is 14.9 Å². The molecule has 1 heterocycles. The monoisotopic (exact) mass is 283 g/mol. The number of carbonyl (C=O) groups excluding carboxylic acids is 1. The van der Waals surface area contributed by atoms with Crippen molar-refractivity contribution in [3.8, 4) is 0 Å². The Morgan fingerprint density at radius 1 is 1.58 bits per heavy atom. The Balaban J connectivity index is 2.28. The van der Waals surface area contributed by atoms with Gasteiger partial charge in [0.2, 0.25) is 0 Å². The Morgan fingerprint density at radius 2 is 2.32 bits per heavy atom. The first-order chi connectivity index (χ1) is 9.02. The third-order valence-corrected chi connectivity index (χ3v) is 3.53. The van der Waals surface area contributed by atoms with Crippen molar-refractivity contribution in [3.63, 3.8) is 0 Å². The number of benzene rings is 1. The summed E-state index contributed by atoms with van der Waals surface area (Å²) >= 11 is 5.81. The smallest absolute Gasteiger partial charge is 0.282 e. The Bertz CT molecular complexity index is 521. The van der Waals surface area contributed by atoms with Crippen LogP contribution in [0.15, 0.2) is 18.2 Å². The highest BCUT2D eigenvalue weighted by Crippen LogP contribution is 2.26. The molecule has 0 aromatic heterocycles. The molecule has 6 nitrogen and oxygen atoms in total. The first-order valence-corrected chi connectivity index (χ1v) is 6.34. The fourth-order valence-electron chi connectivity index (χ4n) is 2.22. The van der Waals surface area contributed by atoms with Crippen LogP contribution in [0.3, 0.4) is 0 Å². The maximum atomic E-state index is 12.3. The summed E-state index contributed by atoms with van der Waals surface area (Å²) < 4.78 is 0. The minimum atomic E-state index is -0.569. The van der Waals surface area contributed by atoms with Gasteiger partial charge in [-0.05, 0) is 31.0 Å². The molecule has 0 bridgehead atoms. The molecule has 1 saturated heterocycles. The van der Waals surface area contributed by atoms with Gasteiger partial charge in [0.1, 0.15) is 5.56 Å². The van der Waals surface area contributed by atoms with E-state index >= 15 is 0 Å². The molecule has 0 aliphatic carbocycles. The Kier molecular flexibility index (Phi) is 4.01. The molecule has 1 aliphatic heterocycles. The number of likely N-dealkylation sites (tertiary alicyclic amines) is 1. The lowest BCUT2D eigenvalue weighted by Crippen LogP contribution is -2.30. The van der Waals surface area contributed by atoms with Crippen molar-refractivity contribution >= 4 is 23.2 Å². The molecule has 0 saturated carbocycles. The highest BCUT2D eigenvalue weighted by molar-refractivity contribution is 6.31. The number of nitro benzene ring substituents is 1. The molecule has 1 aromatic rings. The van der Waals surface area contributed by atoms with E-state index in [0.29, 0.717) is 24.7 Å². The van der Waals surface area contributed by atoms with Gasteiger partial charge in [-0.25, -0.2) is 0 Å². The van der Waals surface area contributed by atoms with Gasteiger partial charge >= 0.3 is 0 Å². The average Bonchev–Trinajstić information content (AvgIpc) is 2.86. The lowest BCUT2D eigenvalue weighted by molar-refractivity contribution is -0.385. The van der Waals surface area contributed by atoms with Gasteiger partial charge in [-0.1, -0.05) is 11.6 Å². The molecular formula is C12H14ClN3O3. The van der Waals surface area contributed by atoms with E-state index in [-0.39, 0.29) is 23.1 Å². The highest BCUT2D eigenvalue weighted by atomic mass is 35.5. The van der Waals surface area contributed by atoms with E-state index in [2.05, 4.69) is 0 Å². The summed E-state index contributed by atoms with van der Waals surface area (Å²) in [6.07, 6.45) is 0.830. The first-order valence-electron chi connectivity index (χ1n) is 5.96. The summed E-state index contributed by atoms with van der Waals surface area (Å²) in [5.41, 5.74) is 5.39. The van der Waals surface area contributed by atoms with Crippen LogP contribution in [0.1, 0.15) is 16.8 Å². The topological polar surface area (TPSA) is 89.5 Å². The molecule has 0 radical (unpaired) electrons. The minimum Gasteiger partial charge on any atom is -0.338 e. The fourth-order valence-corrected chi connectivity index (χ4v) is 2.39. The summed E-state index contributed by atoms with van der Waals surface area (Å²) in [7, 11) is 0. The van der Waals surface area contributed by atoms with Crippen molar-refractivity contribution in [2.75, 3.05) is 19.6 Å². The average molecular weight is 284 g/mol. The summed E-state index contributed by atoms with van der Waals surface area (Å²) in [5, 5.41) is 11.3. The molecule has 1 unspecified atom stereocenters. The van der Waals surface area contributed by atoms with Crippen molar-refractivity contribution < 1.29 is 9.72 Å². The van der Waals surface area contributed by atoms with Crippen LogP contribution in [-0.4, -0.2) is 35.4 Å². The summed E-state index contributed by atoms with van der Waals surface area (Å²) in [6, 6.07) is 4.01. The predicted molar refractivity (Wildman–Crippen MR) is 71.2 cm³/mol. The number of hydrogen-bond donors (Lipinski definition) is 1. The van der Waals surface area contributed by atoms with Gasteiger partial charge in [-0.2, -0.15) is 0 Å². The molecule has 2 N–H and O–H groups in total. The lowest BCUT2D eigenvalue weighted by atomic mass is 10.1. The molecule has 1 aromatic carbocycles. The van der Waals surface area contributed by atoms with E-state index in [1.165, 1.54) is 18.2 Å². The maximum absolute atomic E-state index is 12.3. The van der Waals surface area contributed by atoms with E-state index in [0.717, 1.165) is 6.42 Å². The normalized spacial score (nSPS) is 18.6. The number of nitrogens with zero attached hydrogens (tertiary/aromatic N) is 2. The largest absolute Gasteiger partial charge is 0.338 e. The quantitative estimate of drug-likeness (QED) is 0.675. The molecule has 7 heteroatoms. The third kappa shape index (κ3) is 2.85. The van der Waals surface area contributed by atoms with Gasteiger partial charge in [0, 0.05) is 24.2 Å². The van der Waals surface area contributed by atoms with Crippen molar-refractivity contribution in [1.82, 2.24) is 4.90 Å². The Hall–Kier alpha value is -1.66. The van der Waals surface area contributed by atoms with E-state index in [1.54, 1.807) is 4.90 Å². The SMILES string of the molecule is NCC1CCN(C(=O)c2cc(Cl)ccc2[N+](=O)[O-])C1. The van der Waals surface area contributed by atoms with Crippen molar-refractivity contribution in [2.24, 2.45) is 11.7 Å². The fraction of sp³-hybridized carbons (Fsp3) is 0.417. The van der Waals surface area contributed by atoms with E-state index in [9.17, 15) is 14.9 Å². The maximum Gasteiger partial charge on any atom is 0.282 e. The number of hydrogen-bond acceptors (Lipinski definition) is 4. The zero-order chi connectivity index (χ0) is 14.0. The number of nitrogens with two attached hydrogens (primary N) is 1. The highest BCUT2D eigenvalue weighted by Gasteiger charge is 2.30. The molecule has 102 valence electrons. The van der Waals surface area contributed by atoms with Crippen LogP contribution in [0.5, 0.6) is 0 Å². The molecule has 19 heavy (non-hydrogen) atoms.